The van der Waals surface area contributed by atoms with Crippen LogP contribution in [0.5, 0.6) is 0 Å². The van der Waals surface area contributed by atoms with Gasteiger partial charge in [-0.15, -0.1) is 6.58 Å². The largest absolute Gasteiger partial charge is 0.395 e. The lowest BCUT2D eigenvalue weighted by atomic mass is 9.98. The Labute approximate surface area is 161 Å². The lowest BCUT2D eigenvalue weighted by Gasteiger charge is -2.29. The Morgan fingerprint density at radius 1 is 1.30 bits per heavy atom. The molecule has 1 aromatic carbocycles. The van der Waals surface area contributed by atoms with Crippen LogP contribution in [0, 0.1) is 5.92 Å². The van der Waals surface area contributed by atoms with Crippen molar-refractivity contribution in [2.45, 2.75) is 38.3 Å². The molecule has 2 atom stereocenters. The maximum Gasteiger partial charge on any atom is 0.226 e. The predicted molar refractivity (Wildman–Crippen MR) is 104 cm³/mol. The number of hydrogen-bond acceptors (Lipinski definition) is 4. The van der Waals surface area contributed by atoms with E-state index in [4.69, 9.17) is 0 Å². The van der Waals surface area contributed by atoms with E-state index in [1.807, 2.05) is 30.3 Å². The second-order valence-corrected chi connectivity index (χ2v) is 6.96. The van der Waals surface area contributed by atoms with E-state index in [1.54, 1.807) is 15.9 Å². The average Bonchev–Trinajstić information content (AvgIpc) is 3.16. The number of allylic oxidation sites excluding steroid dienone is 1. The summed E-state index contributed by atoms with van der Waals surface area (Å²) in [7, 11) is 0. The highest BCUT2D eigenvalue weighted by Gasteiger charge is 2.33. The van der Waals surface area contributed by atoms with Crippen molar-refractivity contribution in [2.24, 2.45) is 5.92 Å². The van der Waals surface area contributed by atoms with Gasteiger partial charge in [0.2, 0.25) is 11.8 Å². The van der Waals surface area contributed by atoms with Crippen molar-refractivity contribution in [1.29, 1.82) is 0 Å². The fraction of sp³-hybridized carbons (Fsp3) is 0.524. The molecule has 2 rings (SSSR count). The quantitative estimate of drug-likeness (QED) is 0.609. The molecule has 0 radical (unpaired) electrons. The van der Waals surface area contributed by atoms with Crippen molar-refractivity contribution in [3.63, 3.8) is 0 Å². The zero-order valence-electron chi connectivity index (χ0n) is 15.8. The van der Waals surface area contributed by atoms with Gasteiger partial charge >= 0.3 is 0 Å². The minimum Gasteiger partial charge on any atom is -0.395 e. The summed E-state index contributed by atoms with van der Waals surface area (Å²) in [5.74, 6) is -0.740. The van der Waals surface area contributed by atoms with E-state index in [0.29, 0.717) is 19.5 Å². The first-order chi connectivity index (χ1) is 13.1. The average molecular weight is 374 g/mol. The highest BCUT2D eigenvalue weighted by atomic mass is 16.3. The molecule has 6 heteroatoms. The molecule has 0 unspecified atom stereocenters. The lowest BCUT2D eigenvalue weighted by molar-refractivity contribution is -0.142. The fourth-order valence-corrected chi connectivity index (χ4v) is 3.58. The zero-order valence-corrected chi connectivity index (χ0v) is 15.8. The van der Waals surface area contributed by atoms with Crippen molar-refractivity contribution in [2.75, 3.05) is 26.3 Å². The highest BCUT2D eigenvalue weighted by molar-refractivity contribution is 5.86. The second kappa shape index (κ2) is 10.8. The third kappa shape index (κ3) is 5.91. The van der Waals surface area contributed by atoms with E-state index in [2.05, 4.69) is 6.58 Å². The molecule has 0 saturated carbocycles. The molecular formula is C21H30N2O4. The van der Waals surface area contributed by atoms with Gasteiger partial charge in [0.25, 0.3) is 0 Å². The lowest BCUT2D eigenvalue weighted by Crippen LogP contribution is -2.43. The Morgan fingerprint density at radius 3 is 2.67 bits per heavy atom. The van der Waals surface area contributed by atoms with Gasteiger partial charge in [-0.1, -0.05) is 36.4 Å². The fourth-order valence-electron chi connectivity index (χ4n) is 3.58. The molecular weight excluding hydrogens is 344 g/mol. The molecule has 0 aliphatic carbocycles. The van der Waals surface area contributed by atoms with Crippen LogP contribution in [-0.4, -0.2) is 64.2 Å². The summed E-state index contributed by atoms with van der Waals surface area (Å²) in [6.45, 7) is 4.79. The molecule has 1 aliphatic heterocycles. The molecule has 148 valence electrons. The molecule has 1 saturated heterocycles. The number of aliphatic hydroxyl groups excluding tert-OH is 2. The molecule has 1 aromatic rings. The summed E-state index contributed by atoms with van der Waals surface area (Å²) < 4.78 is 0. The topological polar surface area (TPSA) is 81.1 Å². The maximum atomic E-state index is 12.9. The van der Waals surface area contributed by atoms with Gasteiger partial charge in [-0.05, 0) is 24.8 Å². The second-order valence-electron chi connectivity index (χ2n) is 6.96. The van der Waals surface area contributed by atoms with Crippen LogP contribution < -0.4 is 0 Å². The van der Waals surface area contributed by atoms with E-state index in [9.17, 15) is 19.8 Å². The monoisotopic (exact) mass is 374 g/mol. The molecule has 1 fully saturated rings. The van der Waals surface area contributed by atoms with E-state index in [0.717, 1.165) is 18.4 Å². The maximum absolute atomic E-state index is 12.9. The van der Waals surface area contributed by atoms with Gasteiger partial charge in [0.1, 0.15) is 0 Å². The van der Waals surface area contributed by atoms with Crippen LogP contribution in [0.3, 0.4) is 0 Å². The van der Waals surface area contributed by atoms with Gasteiger partial charge < -0.3 is 20.0 Å². The number of carbonyl (C=O) groups is 2. The first kappa shape index (κ1) is 21.1. The predicted octanol–water partition coefficient (Wildman–Crippen LogP) is 1.57. The number of amides is 2. The molecule has 0 aromatic heterocycles. The highest BCUT2D eigenvalue weighted by Crippen LogP contribution is 2.23. The molecule has 6 nitrogen and oxygen atoms in total. The number of nitrogens with zero attached hydrogens (tertiary/aromatic N) is 2. The number of likely N-dealkylation sites (tertiary alicyclic amines) is 1. The summed E-state index contributed by atoms with van der Waals surface area (Å²) in [4.78, 5) is 29.1. The smallest absolute Gasteiger partial charge is 0.226 e. The van der Waals surface area contributed by atoms with Crippen LogP contribution in [0.25, 0.3) is 0 Å². The van der Waals surface area contributed by atoms with Crippen LogP contribution in [0.1, 0.15) is 31.2 Å². The Hall–Kier alpha value is -2.18. The van der Waals surface area contributed by atoms with Crippen molar-refractivity contribution >= 4 is 11.8 Å². The summed E-state index contributed by atoms with van der Waals surface area (Å²) >= 11 is 0. The van der Waals surface area contributed by atoms with Crippen LogP contribution in [-0.2, 0) is 16.1 Å². The molecule has 0 spiro atoms. The number of benzene rings is 1. The third-order valence-electron chi connectivity index (χ3n) is 5.03. The molecule has 1 heterocycles. The summed E-state index contributed by atoms with van der Waals surface area (Å²) in [5.41, 5.74) is 0.978. The Morgan fingerprint density at radius 2 is 2.04 bits per heavy atom. The Balaban J connectivity index is 2.06. The van der Waals surface area contributed by atoms with Gasteiger partial charge in [-0.3, -0.25) is 9.59 Å². The Bertz CT molecular complexity index is 620. The molecule has 2 N–H and O–H groups in total. The SMILES string of the molecule is C=CC[C@H](CC(=O)N(CCO)Cc1ccccc1)C(=O)N1CCC[C@H]1CO. The van der Waals surface area contributed by atoms with Gasteiger partial charge in [-0.2, -0.15) is 0 Å². The minimum absolute atomic E-state index is 0.0505. The zero-order chi connectivity index (χ0) is 19.6. The van der Waals surface area contributed by atoms with E-state index >= 15 is 0 Å². The molecule has 2 amide bonds. The van der Waals surface area contributed by atoms with Gasteiger partial charge in [0, 0.05) is 26.1 Å². The van der Waals surface area contributed by atoms with Crippen molar-refractivity contribution in [3.8, 4) is 0 Å². The van der Waals surface area contributed by atoms with Crippen molar-refractivity contribution in [1.82, 2.24) is 9.80 Å². The van der Waals surface area contributed by atoms with Crippen LogP contribution in [0.15, 0.2) is 43.0 Å². The Kier molecular flexibility index (Phi) is 8.48. The van der Waals surface area contributed by atoms with Crippen LogP contribution >= 0.6 is 0 Å². The number of carbonyl (C=O) groups excluding carboxylic acids is 2. The molecule has 27 heavy (non-hydrogen) atoms. The first-order valence-electron chi connectivity index (χ1n) is 9.55. The van der Waals surface area contributed by atoms with Gasteiger partial charge in [-0.25, -0.2) is 0 Å². The van der Waals surface area contributed by atoms with E-state index in [1.165, 1.54) is 0 Å². The summed E-state index contributed by atoms with van der Waals surface area (Å²) in [5, 5.41) is 18.8. The van der Waals surface area contributed by atoms with Gasteiger partial charge in [0.15, 0.2) is 0 Å². The first-order valence-corrected chi connectivity index (χ1v) is 9.55. The number of aliphatic hydroxyl groups is 2. The summed E-state index contributed by atoms with van der Waals surface area (Å²) in [6.07, 6.45) is 3.81. The van der Waals surface area contributed by atoms with E-state index < -0.39 is 5.92 Å². The molecule has 1 aliphatic rings. The third-order valence-corrected chi connectivity index (χ3v) is 5.03. The normalized spacial score (nSPS) is 17.6. The van der Waals surface area contributed by atoms with Crippen LogP contribution in [0.4, 0.5) is 0 Å². The van der Waals surface area contributed by atoms with Crippen LogP contribution in [0.2, 0.25) is 0 Å². The summed E-state index contributed by atoms with van der Waals surface area (Å²) in [6, 6.07) is 9.43. The minimum atomic E-state index is -0.487. The van der Waals surface area contributed by atoms with E-state index in [-0.39, 0.29) is 44.0 Å². The number of rotatable bonds is 10. The molecule has 0 bridgehead atoms. The van der Waals surface area contributed by atoms with Gasteiger partial charge in [0.05, 0.1) is 25.2 Å². The standard InChI is InChI=1S/C21H30N2O4/c1-2-7-18(21(27)23-11-6-10-19(23)16-25)14-20(26)22(12-13-24)15-17-8-4-3-5-9-17/h2-5,8-9,18-19,24-25H,1,6-7,10-16H2/t18-,19+/m1/s1. The van der Waals surface area contributed by atoms with Crippen molar-refractivity contribution < 1.29 is 19.8 Å². The number of hydrogen-bond donors (Lipinski definition) is 2. The van der Waals surface area contributed by atoms with Crippen molar-refractivity contribution in [3.05, 3.63) is 48.6 Å².